The molecule has 0 aliphatic heterocycles. The van der Waals surface area contributed by atoms with E-state index in [4.69, 9.17) is 5.73 Å². The number of nitrogens with two attached hydrogens (primary N) is 1. The van der Waals surface area contributed by atoms with Crippen molar-refractivity contribution in [1.82, 2.24) is 4.98 Å². The van der Waals surface area contributed by atoms with Gasteiger partial charge in [0.1, 0.15) is 5.75 Å². The summed E-state index contributed by atoms with van der Waals surface area (Å²) in [5.41, 5.74) is 8.04. The molecule has 0 radical (unpaired) electrons. The number of anilines is 1. The highest BCUT2D eigenvalue weighted by Gasteiger charge is 2.09. The van der Waals surface area contributed by atoms with Gasteiger partial charge in [-0.3, -0.25) is 9.78 Å². The Bertz CT molecular complexity index is 730. The maximum Gasteiger partial charge on any atom is 0.257 e. The molecule has 1 heterocycles. The van der Waals surface area contributed by atoms with Gasteiger partial charge in [0.05, 0.1) is 18.3 Å². The fraction of sp³-hybridized carbons (Fsp3) is 0.125. The molecule has 1 aromatic heterocycles. The summed E-state index contributed by atoms with van der Waals surface area (Å²) in [6.07, 6.45) is 2.67. The lowest BCUT2D eigenvalue weighted by molar-refractivity contribution is 0.102. The number of amides is 1. The van der Waals surface area contributed by atoms with Gasteiger partial charge >= 0.3 is 0 Å². The topological polar surface area (TPSA) is 88.2 Å². The lowest BCUT2D eigenvalue weighted by Crippen LogP contribution is -2.13. The second kappa shape index (κ2) is 6.55. The monoisotopic (exact) mass is 281 g/mol. The van der Waals surface area contributed by atoms with Crippen LogP contribution in [-0.2, 0) is 0 Å². The number of nitrogens with one attached hydrogen (secondary N) is 1. The van der Waals surface area contributed by atoms with E-state index in [0.29, 0.717) is 17.8 Å². The van der Waals surface area contributed by atoms with Crippen LogP contribution in [0.4, 0.5) is 5.69 Å². The van der Waals surface area contributed by atoms with Gasteiger partial charge in [-0.05, 0) is 36.8 Å². The van der Waals surface area contributed by atoms with Crippen molar-refractivity contribution in [2.45, 2.75) is 6.92 Å². The lowest BCUT2D eigenvalue weighted by Gasteiger charge is -2.08. The first-order chi connectivity index (χ1) is 10.1. The van der Waals surface area contributed by atoms with Crippen molar-refractivity contribution in [2.75, 3.05) is 11.9 Å². The van der Waals surface area contributed by atoms with Gasteiger partial charge in [-0.25, -0.2) is 0 Å². The molecule has 1 amide bonds. The summed E-state index contributed by atoms with van der Waals surface area (Å²) >= 11 is 0. The Morgan fingerprint density at radius 1 is 1.38 bits per heavy atom. The van der Waals surface area contributed by atoms with Gasteiger partial charge in [-0.2, -0.15) is 0 Å². The number of rotatable bonds is 2. The fourth-order valence-electron chi connectivity index (χ4n) is 1.78. The van der Waals surface area contributed by atoms with Crippen molar-refractivity contribution in [3.63, 3.8) is 0 Å². The largest absolute Gasteiger partial charge is 0.506 e. The Morgan fingerprint density at radius 2 is 2.19 bits per heavy atom. The number of carbonyl (C=O) groups excluding carboxylic acids is 1. The van der Waals surface area contributed by atoms with E-state index >= 15 is 0 Å². The molecule has 2 aromatic rings. The predicted octanol–water partition coefficient (Wildman–Crippen LogP) is 1.66. The van der Waals surface area contributed by atoms with Crippen LogP contribution in [0.2, 0.25) is 0 Å². The number of nitrogens with zero attached hydrogens (tertiary/aromatic N) is 1. The SMILES string of the molecule is Cc1cc(C#CCN)ccc1NC(=O)c1cncc(O)c1. The Morgan fingerprint density at radius 3 is 2.86 bits per heavy atom. The maximum absolute atomic E-state index is 12.1. The minimum atomic E-state index is -0.331. The number of hydrogen-bond acceptors (Lipinski definition) is 4. The molecule has 0 spiro atoms. The van der Waals surface area contributed by atoms with E-state index in [9.17, 15) is 9.90 Å². The summed E-state index contributed by atoms with van der Waals surface area (Å²) in [5.74, 6) is 5.33. The average molecular weight is 281 g/mol. The summed E-state index contributed by atoms with van der Waals surface area (Å²) in [4.78, 5) is 15.8. The molecule has 0 aliphatic rings. The van der Waals surface area contributed by atoms with Crippen molar-refractivity contribution >= 4 is 11.6 Å². The van der Waals surface area contributed by atoms with E-state index in [-0.39, 0.29) is 11.7 Å². The van der Waals surface area contributed by atoms with Gasteiger partial charge in [-0.15, -0.1) is 0 Å². The van der Waals surface area contributed by atoms with E-state index in [1.54, 1.807) is 6.07 Å². The van der Waals surface area contributed by atoms with E-state index < -0.39 is 0 Å². The molecule has 5 heteroatoms. The highest BCUT2D eigenvalue weighted by Crippen LogP contribution is 2.18. The second-order valence-corrected chi connectivity index (χ2v) is 4.42. The zero-order valence-electron chi connectivity index (χ0n) is 11.6. The zero-order chi connectivity index (χ0) is 15.2. The first-order valence-electron chi connectivity index (χ1n) is 6.35. The molecule has 0 saturated carbocycles. The third kappa shape index (κ3) is 3.81. The molecule has 1 aromatic carbocycles. The zero-order valence-corrected chi connectivity index (χ0v) is 11.6. The second-order valence-electron chi connectivity index (χ2n) is 4.42. The third-order valence-electron chi connectivity index (χ3n) is 2.80. The van der Waals surface area contributed by atoms with Gasteiger partial charge in [-0.1, -0.05) is 11.8 Å². The minimum absolute atomic E-state index is 0.0493. The number of aromatic hydroxyl groups is 1. The lowest BCUT2D eigenvalue weighted by atomic mass is 10.1. The van der Waals surface area contributed by atoms with Crippen LogP contribution in [0.1, 0.15) is 21.5 Å². The summed E-state index contributed by atoms with van der Waals surface area (Å²) in [7, 11) is 0. The number of carbonyl (C=O) groups is 1. The summed E-state index contributed by atoms with van der Waals surface area (Å²) in [5, 5.41) is 12.1. The molecule has 4 N–H and O–H groups in total. The normalized spacial score (nSPS) is 9.62. The van der Waals surface area contributed by atoms with E-state index in [1.807, 2.05) is 19.1 Å². The van der Waals surface area contributed by atoms with Crippen LogP contribution in [0, 0.1) is 18.8 Å². The number of aryl methyl sites for hydroxylation is 1. The summed E-state index contributed by atoms with van der Waals surface area (Å²) < 4.78 is 0. The maximum atomic E-state index is 12.1. The molecular weight excluding hydrogens is 266 g/mol. The Hall–Kier alpha value is -2.84. The first kappa shape index (κ1) is 14.6. The van der Waals surface area contributed by atoms with Crippen LogP contribution >= 0.6 is 0 Å². The van der Waals surface area contributed by atoms with Crippen LogP contribution < -0.4 is 11.1 Å². The number of aromatic nitrogens is 1. The van der Waals surface area contributed by atoms with Gasteiger partial charge < -0.3 is 16.2 Å². The van der Waals surface area contributed by atoms with Crippen molar-refractivity contribution in [1.29, 1.82) is 0 Å². The number of pyridine rings is 1. The molecule has 21 heavy (non-hydrogen) atoms. The number of benzene rings is 1. The molecule has 2 rings (SSSR count). The molecule has 0 bridgehead atoms. The molecule has 5 nitrogen and oxygen atoms in total. The minimum Gasteiger partial charge on any atom is -0.506 e. The first-order valence-corrected chi connectivity index (χ1v) is 6.35. The molecule has 0 saturated heterocycles. The standard InChI is InChI=1S/C16H15N3O2/c1-11-7-12(3-2-6-17)4-5-15(11)19-16(21)13-8-14(20)10-18-9-13/h4-5,7-10,20H,6,17H2,1H3,(H,19,21). The molecule has 0 fully saturated rings. The van der Waals surface area contributed by atoms with Gasteiger partial charge in [0.25, 0.3) is 5.91 Å². The van der Waals surface area contributed by atoms with Gasteiger partial charge in [0, 0.05) is 17.4 Å². The number of hydrogen-bond donors (Lipinski definition) is 3. The van der Waals surface area contributed by atoms with Crippen LogP contribution in [0.15, 0.2) is 36.7 Å². The highest BCUT2D eigenvalue weighted by atomic mass is 16.3. The van der Waals surface area contributed by atoms with E-state index in [2.05, 4.69) is 22.1 Å². The van der Waals surface area contributed by atoms with Crippen molar-refractivity contribution in [2.24, 2.45) is 5.73 Å². The van der Waals surface area contributed by atoms with Crippen molar-refractivity contribution in [3.8, 4) is 17.6 Å². The average Bonchev–Trinajstić information content (AvgIpc) is 2.47. The summed E-state index contributed by atoms with van der Waals surface area (Å²) in [6.45, 7) is 2.19. The third-order valence-corrected chi connectivity index (χ3v) is 2.80. The predicted molar refractivity (Wildman–Crippen MR) is 81.0 cm³/mol. The van der Waals surface area contributed by atoms with Crippen LogP contribution in [0.25, 0.3) is 0 Å². The highest BCUT2D eigenvalue weighted by molar-refractivity contribution is 6.04. The molecule has 0 atom stereocenters. The summed E-state index contributed by atoms with van der Waals surface area (Å²) in [6, 6.07) is 6.83. The van der Waals surface area contributed by atoms with Crippen molar-refractivity contribution in [3.05, 3.63) is 53.3 Å². The Labute approximate surface area is 122 Å². The molecule has 106 valence electrons. The van der Waals surface area contributed by atoms with Crippen LogP contribution in [0.5, 0.6) is 5.75 Å². The van der Waals surface area contributed by atoms with E-state index in [0.717, 1.165) is 11.1 Å². The van der Waals surface area contributed by atoms with Crippen LogP contribution in [0.3, 0.4) is 0 Å². The molecule has 0 aliphatic carbocycles. The smallest absolute Gasteiger partial charge is 0.257 e. The van der Waals surface area contributed by atoms with Gasteiger partial charge in [0.15, 0.2) is 0 Å². The quantitative estimate of drug-likeness (QED) is 0.730. The Balaban J connectivity index is 2.18. The van der Waals surface area contributed by atoms with Crippen molar-refractivity contribution < 1.29 is 9.90 Å². The van der Waals surface area contributed by atoms with Crippen LogP contribution in [-0.4, -0.2) is 22.5 Å². The van der Waals surface area contributed by atoms with E-state index in [1.165, 1.54) is 18.5 Å². The molecular formula is C16H15N3O2. The van der Waals surface area contributed by atoms with Gasteiger partial charge in [0.2, 0.25) is 0 Å². The fourth-order valence-corrected chi connectivity index (χ4v) is 1.78. The Kier molecular flexibility index (Phi) is 4.54. The molecule has 0 unspecified atom stereocenters.